The van der Waals surface area contributed by atoms with Gasteiger partial charge in [0, 0.05) is 32.7 Å². The number of aryl methyl sites for hydroxylation is 1. The maximum absolute atomic E-state index is 12.7. The Balaban J connectivity index is 2.08. The van der Waals surface area contributed by atoms with Gasteiger partial charge in [0.1, 0.15) is 4.90 Å². The number of sulfonamides is 1. The summed E-state index contributed by atoms with van der Waals surface area (Å²) in [4.78, 5) is 12.7. The van der Waals surface area contributed by atoms with Crippen LogP contribution in [0.3, 0.4) is 0 Å². The average Bonchev–Trinajstić information content (AvgIpc) is 2.45. The molecule has 0 radical (unpaired) electrons. The van der Waals surface area contributed by atoms with E-state index in [4.69, 9.17) is 16.7 Å². The molecule has 1 aliphatic heterocycles. The molecule has 0 aromatic heterocycles. The molecule has 0 aliphatic carbocycles. The van der Waals surface area contributed by atoms with Crippen molar-refractivity contribution in [3.8, 4) is 0 Å². The molecule has 1 aliphatic rings. The van der Waals surface area contributed by atoms with E-state index < -0.39 is 16.0 Å². The Morgan fingerprint density at radius 2 is 1.91 bits per heavy atom. The number of nitrogens with zero attached hydrogens (tertiary/aromatic N) is 2. The summed E-state index contributed by atoms with van der Waals surface area (Å²) in [5, 5.41) is 8.92. The van der Waals surface area contributed by atoms with Crippen LogP contribution in [0, 0.1) is 6.92 Å². The number of carbonyl (C=O) groups is 1. The van der Waals surface area contributed by atoms with Crippen LogP contribution in [0.2, 0.25) is 5.02 Å². The third kappa shape index (κ3) is 3.78. The van der Waals surface area contributed by atoms with Crippen molar-refractivity contribution in [3.05, 3.63) is 28.8 Å². The fraction of sp³-hybridized carbons (Fsp3) is 0.500. The Morgan fingerprint density at radius 1 is 1.27 bits per heavy atom. The Kier molecular flexibility index (Phi) is 5.44. The first kappa shape index (κ1) is 17.2. The SMILES string of the molecule is Cc1cccc(Cl)c1S(=O)(=O)N1CCN(CCC(=O)O)CC1. The highest BCUT2D eigenvalue weighted by Gasteiger charge is 2.31. The Labute approximate surface area is 135 Å². The maximum atomic E-state index is 12.7. The highest BCUT2D eigenvalue weighted by Crippen LogP contribution is 2.28. The molecule has 22 heavy (non-hydrogen) atoms. The van der Waals surface area contributed by atoms with Gasteiger partial charge in [0.15, 0.2) is 0 Å². The van der Waals surface area contributed by atoms with Gasteiger partial charge in [-0.25, -0.2) is 8.42 Å². The van der Waals surface area contributed by atoms with Crippen LogP contribution in [0.4, 0.5) is 0 Å². The van der Waals surface area contributed by atoms with Crippen LogP contribution >= 0.6 is 11.6 Å². The summed E-state index contributed by atoms with van der Waals surface area (Å²) in [6.07, 6.45) is 0.0658. The zero-order valence-corrected chi connectivity index (χ0v) is 13.9. The lowest BCUT2D eigenvalue weighted by atomic mass is 10.2. The lowest BCUT2D eigenvalue weighted by molar-refractivity contribution is -0.137. The predicted molar refractivity (Wildman–Crippen MR) is 83.6 cm³/mol. The number of benzene rings is 1. The van der Waals surface area contributed by atoms with E-state index in [9.17, 15) is 13.2 Å². The number of halogens is 1. The van der Waals surface area contributed by atoms with Gasteiger partial charge >= 0.3 is 5.97 Å². The summed E-state index contributed by atoms with van der Waals surface area (Å²) in [5.41, 5.74) is 0.626. The van der Waals surface area contributed by atoms with Crippen molar-refractivity contribution < 1.29 is 18.3 Å². The first-order valence-electron chi connectivity index (χ1n) is 7.02. The Bertz CT molecular complexity index is 635. The second-order valence-electron chi connectivity index (χ2n) is 5.28. The Morgan fingerprint density at radius 3 is 2.45 bits per heavy atom. The highest BCUT2D eigenvalue weighted by molar-refractivity contribution is 7.89. The maximum Gasteiger partial charge on any atom is 0.304 e. The molecule has 1 heterocycles. The van der Waals surface area contributed by atoms with Crippen molar-refractivity contribution in [1.82, 2.24) is 9.21 Å². The number of aliphatic carboxylic acids is 1. The van der Waals surface area contributed by atoms with E-state index in [1.807, 2.05) is 4.90 Å². The van der Waals surface area contributed by atoms with Crippen molar-refractivity contribution in [1.29, 1.82) is 0 Å². The molecule has 6 nitrogen and oxygen atoms in total. The number of hydrogen-bond donors (Lipinski definition) is 1. The molecular formula is C14H19ClN2O4S. The monoisotopic (exact) mass is 346 g/mol. The molecule has 1 N–H and O–H groups in total. The molecule has 1 saturated heterocycles. The van der Waals surface area contributed by atoms with E-state index in [1.54, 1.807) is 25.1 Å². The zero-order chi connectivity index (χ0) is 16.3. The van der Waals surface area contributed by atoms with Gasteiger partial charge in [-0.2, -0.15) is 4.31 Å². The highest BCUT2D eigenvalue weighted by atomic mass is 35.5. The lowest BCUT2D eigenvalue weighted by Gasteiger charge is -2.34. The van der Waals surface area contributed by atoms with Gasteiger partial charge in [-0.05, 0) is 18.6 Å². The minimum Gasteiger partial charge on any atom is -0.481 e. The van der Waals surface area contributed by atoms with Crippen LogP contribution in [0.25, 0.3) is 0 Å². The summed E-state index contributed by atoms with van der Waals surface area (Å²) < 4.78 is 26.9. The van der Waals surface area contributed by atoms with E-state index in [0.717, 1.165) is 0 Å². The van der Waals surface area contributed by atoms with E-state index in [2.05, 4.69) is 0 Å². The minimum atomic E-state index is -3.62. The molecule has 122 valence electrons. The summed E-state index contributed by atoms with van der Waals surface area (Å²) in [6, 6.07) is 5.02. The molecular weight excluding hydrogens is 328 g/mol. The summed E-state index contributed by atoms with van der Waals surface area (Å²) >= 11 is 6.06. The van der Waals surface area contributed by atoms with Crippen LogP contribution in [-0.4, -0.2) is 61.4 Å². The zero-order valence-electron chi connectivity index (χ0n) is 12.3. The first-order chi connectivity index (χ1) is 10.3. The molecule has 0 atom stereocenters. The molecule has 0 spiro atoms. The second-order valence-corrected chi connectivity index (χ2v) is 7.56. The van der Waals surface area contributed by atoms with Crippen LogP contribution in [-0.2, 0) is 14.8 Å². The van der Waals surface area contributed by atoms with E-state index in [0.29, 0.717) is 38.3 Å². The van der Waals surface area contributed by atoms with Crippen molar-refractivity contribution in [2.45, 2.75) is 18.2 Å². The smallest absolute Gasteiger partial charge is 0.304 e. The van der Waals surface area contributed by atoms with Gasteiger partial charge in [-0.3, -0.25) is 4.79 Å². The average molecular weight is 347 g/mol. The molecule has 0 bridgehead atoms. The molecule has 1 fully saturated rings. The van der Waals surface area contributed by atoms with Crippen molar-refractivity contribution in [3.63, 3.8) is 0 Å². The number of piperazine rings is 1. The molecule has 2 rings (SSSR count). The molecule has 8 heteroatoms. The van der Waals surface area contributed by atoms with E-state index in [1.165, 1.54) is 4.31 Å². The standard InChI is InChI=1S/C14H19ClN2O4S/c1-11-3-2-4-12(15)14(11)22(20,21)17-9-7-16(8-10-17)6-5-13(18)19/h2-4H,5-10H2,1H3,(H,18,19). The number of carboxylic acids is 1. The fourth-order valence-corrected chi connectivity index (χ4v) is 4.73. The van der Waals surface area contributed by atoms with Crippen LogP contribution in [0.5, 0.6) is 0 Å². The molecule has 0 amide bonds. The van der Waals surface area contributed by atoms with Crippen LogP contribution in [0.1, 0.15) is 12.0 Å². The largest absolute Gasteiger partial charge is 0.481 e. The number of rotatable bonds is 5. The van der Waals surface area contributed by atoms with Crippen molar-refractivity contribution >= 4 is 27.6 Å². The molecule has 1 aromatic carbocycles. The molecule has 0 saturated carbocycles. The van der Waals surface area contributed by atoms with E-state index in [-0.39, 0.29) is 16.3 Å². The van der Waals surface area contributed by atoms with Crippen molar-refractivity contribution in [2.24, 2.45) is 0 Å². The normalized spacial score (nSPS) is 17.5. The lowest BCUT2D eigenvalue weighted by Crippen LogP contribution is -2.49. The third-order valence-electron chi connectivity index (χ3n) is 3.73. The third-order valence-corrected chi connectivity index (χ3v) is 6.26. The molecule has 1 aromatic rings. The summed E-state index contributed by atoms with van der Waals surface area (Å²) in [7, 11) is -3.62. The minimum absolute atomic E-state index is 0.0658. The number of carboxylic acid groups (broad SMARTS) is 1. The summed E-state index contributed by atoms with van der Waals surface area (Å²) in [5.74, 6) is -0.846. The van der Waals surface area contributed by atoms with Gasteiger partial charge in [-0.1, -0.05) is 23.7 Å². The van der Waals surface area contributed by atoms with Gasteiger partial charge in [-0.15, -0.1) is 0 Å². The number of hydrogen-bond acceptors (Lipinski definition) is 4. The van der Waals surface area contributed by atoms with E-state index >= 15 is 0 Å². The van der Waals surface area contributed by atoms with Crippen molar-refractivity contribution in [2.75, 3.05) is 32.7 Å². The Hall–Kier alpha value is -1.15. The first-order valence-corrected chi connectivity index (χ1v) is 8.83. The van der Waals surface area contributed by atoms with Gasteiger partial charge < -0.3 is 10.0 Å². The topological polar surface area (TPSA) is 77.9 Å². The summed E-state index contributed by atoms with van der Waals surface area (Å²) in [6.45, 7) is 3.89. The molecule has 0 unspecified atom stereocenters. The van der Waals surface area contributed by atoms with Crippen LogP contribution < -0.4 is 0 Å². The van der Waals surface area contributed by atoms with Crippen LogP contribution in [0.15, 0.2) is 23.1 Å². The second kappa shape index (κ2) is 6.95. The predicted octanol–water partition coefficient (Wildman–Crippen LogP) is 1.43. The van der Waals surface area contributed by atoms with Gasteiger partial charge in [0.05, 0.1) is 11.4 Å². The van der Waals surface area contributed by atoms with Gasteiger partial charge in [0.25, 0.3) is 0 Å². The fourth-order valence-electron chi connectivity index (χ4n) is 2.52. The van der Waals surface area contributed by atoms with Gasteiger partial charge in [0.2, 0.25) is 10.0 Å². The quantitative estimate of drug-likeness (QED) is 0.872.